The van der Waals surface area contributed by atoms with Crippen molar-refractivity contribution in [1.29, 1.82) is 0 Å². The Morgan fingerprint density at radius 3 is 2.02 bits per heavy atom. The average molecular weight is 580 g/mol. The molecule has 15 nitrogen and oxygen atoms in total. The molecular formula is C26H28O15. The first-order chi connectivity index (χ1) is 19.4. The molecule has 2 saturated heterocycles. The highest BCUT2D eigenvalue weighted by Crippen LogP contribution is 2.36. The van der Waals surface area contributed by atoms with Gasteiger partial charge >= 0.3 is 0 Å². The molecule has 10 N–H and O–H groups in total. The third-order valence-electron chi connectivity index (χ3n) is 7.16. The van der Waals surface area contributed by atoms with Crippen LogP contribution in [0.5, 0.6) is 23.0 Å². The zero-order valence-electron chi connectivity index (χ0n) is 21.0. The van der Waals surface area contributed by atoms with Crippen LogP contribution in [0.3, 0.4) is 0 Å². The van der Waals surface area contributed by atoms with Crippen molar-refractivity contribution in [2.75, 3.05) is 6.61 Å². The van der Waals surface area contributed by atoms with E-state index in [1.54, 1.807) is 0 Å². The van der Waals surface area contributed by atoms with E-state index in [1.807, 2.05) is 0 Å². The number of ether oxygens (including phenoxy) is 3. The summed E-state index contributed by atoms with van der Waals surface area (Å²) in [4.78, 5) is 12.7. The van der Waals surface area contributed by atoms with Crippen LogP contribution in [0.2, 0.25) is 0 Å². The standard InChI is InChI=1S/C26H28O15/c27-7-16-18(32)19(33)21(35)24(40-16)25-22(36)20(34)23(37)26(41-25)38-9-4-12(30)17-13(31)6-14(39-15(17)5-9)8-1-2-10(28)11(29)3-8/h1-6,16,18-30,32-37H,7H2/t16-,18+,19-,20+,21-,22+,23-,24-,25+,26-/m1/s1. The van der Waals surface area contributed by atoms with Crippen molar-refractivity contribution in [2.24, 2.45) is 0 Å². The van der Waals surface area contributed by atoms with Gasteiger partial charge in [0.1, 0.15) is 83.2 Å². The van der Waals surface area contributed by atoms with Crippen molar-refractivity contribution in [3.63, 3.8) is 0 Å². The number of hydrogen-bond acceptors (Lipinski definition) is 15. The van der Waals surface area contributed by atoms with E-state index >= 15 is 0 Å². The Labute approximate surface area is 229 Å². The van der Waals surface area contributed by atoms with Gasteiger partial charge in [-0.05, 0) is 18.2 Å². The number of hydrogen-bond donors (Lipinski definition) is 10. The van der Waals surface area contributed by atoms with Crippen LogP contribution in [0.15, 0.2) is 45.6 Å². The van der Waals surface area contributed by atoms with Gasteiger partial charge in [-0.1, -0.05) is 0 Å². The van der Waals surface area contributed by atoms with Crippen LogP contribution in [0.1, 0.15) is 0 Å². The van der Waals surface area contributed by atoms with Crippen LogP contribution in [0, 0.1) is 0 Å². The molecule has 0 aliphatic carbocycles. The minimum atomic E-state index is -1.92. The third kappa shape index (κ3) is 5.19. The molecule has 5 rings (SSSR count). The second-order valence-corrected chi connectivity index (χ2v) is 9.85. The lowest BCUT2D eigenvalue weighted by atomic mass is 9.87. The van der Waals surface area contributed by atoms with Gasteiger partial charge in [0, 0.05) is 23.8 Å². The zero-order valence-corrected chi connectivity index (χ0v) is 21.0. The Morgan fingerprint density at radius 1 is 0.707 bits per heavy atom. The highest BCUT2D eigenvalue weighted by molar-refractivity contribution is 5.86. The Morgan fingerprint density at radius 2 is 1.37 bits per heavy atom. The van der Waals surface area contributed by atoms with E-state index in [0.717, 1.165) is 24.3 Å². The van der Waals surface area contributed by atoms with Crippen LogP contribution in [-0.4, -0.2) is 119 Å². The van der Waals surface area contributed by atoms with Gasteiger partial charge in [0.25, 0.3) is 0 Å². The predicted octanol–water partition coefficient (Wildman–Crippen LogP) is -2.39. The van der Waals surface area contributed by atoms with Crippen LogP contribution < -0.4 is 10.2 Å². The molecule has 0 saturated carbocycles. The van der Waals surface area contributed by atoms with E-state index in [2.05, 4.69) is 0 Å². The van der Waals surface area contributed by atoms with Gasteiger partial charge in [0.2, 0.25) is 6.29 Å². The number of aromatic hydroxyl groups is 3. The summed E-state index contributed by atoms with van der Waals surface area (Å²) in [7, 11) is 0. The molecule has 3 aromatic rings. The van der Waals surface area contributed by atoms with Crippen molar-refractivity contribution >= 4 is 11.0 Å². The van der Waals surface area contributed by atoms with Gasteiger partial charge in [-0.15, -0.1) is 0 Å². The van der Waals surface area contributed by atoms with Gasteiger partial charge in [0.15, 0.2) is 16.9 Å². The van der Waals surface area contributed by atoms with Crippen molar-refractivity contribution in [1.82, 2.24) is 0 Å². The fraction of sp³-hybridized carbons (Fsp3) is 0.423. The monoisotopic (exact) mass is 580 g/mol. The summed E-state index contributed by atoms with van der Waals surface area (Å²) in [5, 5.41) is 101. The molecule has 222 valence electrons. The van der Waals surface area contributed by atoms with Crippen LogP contribution >= 0.6 is 0 Å². The molecule has 2 fully saturated rings. The number of phenolic OH excluding ortho intramolecular Hbond substituents is 3. The molecule has 41 heavy (non-hydrogen) atoms. The normalized spacial score (nSPS) is 34.0. The molecule has 2 aliphatic rings. The van der Waals surface area contributed by atoms with Crippen LogP contribution in [0.4, 0.5) is 0 Å². The fourth-order valence-corrected chi connectivity index (χ4v) is 4.91. The SMILES string of the molecule is O=c1cc(-c2ccc(O)c(O)c2)oc2cc(O[C@@H]3O[C@H]([C@@H]4O[C@H](CO)[C@H](O)[C@@H](O)[C@H]4O)[C@@H](O)[C@H](O)[C@H]3O)cc(O)c12. The topological polar surface area (TPSA) is 260 Å². The quantitative estimate of drug-likeness (QED) is 0.141. The van der Waals surface area contributed by atoms with E-state index < -0.39 is 90.5 Å². The predicted molar refractivity (Wildman–Crippen MR) is 134 cm³/mol. The number of phenols is 3. The maximum atomic E-state index is 12.7. The Hall–Kier alpha value is -3.51. The van der Waals surface area contributed by atoms with Crippen molar-refractivity contribution in [2.45, 2.75) is 61.2 Å². The first kappa shape index (κ1) is 29.0. The van der Waals surface area contributed by atoms with E-state index in [9.17, 15) is 55.9 Å². The number of aliphatic hydroxyl groups excluding tert-OH is 7. The molecule has 1 aromatic heterocycles. The van der Waals surface area contributed by atoms with E-state index in [-0.39, 0.29) is 28.0 Å². The van der Waals surface area contributed by atoms with Crippen molar-refractivity contribution < 1.29 is 69.7 Å². The van der Waals surface area contributed by atoms with Gasteiger partial charge < -0.3 is 69.7 Å². The maximum Gasteiger partial charge on any atom is 0.229 e. The Kier molecular flexibility index (Phi) is 7.82. The second-order valence-electron chi connectivity index (χ2n) is 9.85. The molecular weight excluding hydrogens is 552 g/mol. The maximum absolute atomic E-state index is 12.7. The van der Waals surface area contributed by atoms with E-state index in [0.29, 0.717) is 0 Å². The van der Waals surface area contributed by atoms with Gasteiger partial charge in [-0.25, -0.2) is 0 Å². The molecule has 15 heteroatoms. The molecule has 0 radical (unpaired) electrons. The number of rotatable bonds is 5. The molecule has 0 amide bonds. The molecule has 0 spiro atoms. The minimum Gasteiger partial charge on any atom is -0.507 e. The highest BCUT2D eigenvalue weighted by atomic mass is 16.7. The number of aliphatic hydroxyl groups is 7. The second kappa shape index (κ2) is 11.1. The molecule has 10 atom stereocenters. The summed E-state index contributed by atoms with van der Waals surface area (Å²) in [6.45, 7) is -0.761. The Balaban J connectivity index is 1.46. The lowest BCUT2D eigenvalue weighted by Crippen LogP contribution is -2.68. The first-order valence-corrected chi connectivity index (χ1v) is 12.4. The molecule has 0 bridgehead atoms. The van der Waals surface area contributed by atoms with Crippen LogP contribution in [-0.2, 0) is 9.47 Å². The summed E-state index contributed by atoms with van der Waals surface area (Å²) in [5.41, 5.74) is -0.630. The lowest BCUT2D eigenvalue weighted by Gasteiger charge is -2.48. The first-order valence-electron chi connectivity index (χ1n) is 12.4. The summed E-state index contributed by atoms with van der Waals surface area (Å²) < 4.78 is 22.4. The lowest BCUT2D eigenvalue weighted by molar-refractivity contribution is -0.323. The van der Waals surface area contributed by atoms with Gasteiger partial charge in [-0.3, -0.25) is 4.79 Å². The molecule has 3 heterocycles. The summed E-state index contributed by atoms with van der Waals surface area (Å²) in [6, 6.07) is 6.93. The van der Waals surface area contributed by atoms with Crippen LogP contribution in [0.25, 0.3) is 22.3 Å². The highest BCUT2D eigenvalue weighted by Gasteiger charge is 2.54. The van der Waals surface area contributed by atoms with E-state index in [4.69, 9.17) is 18.6 Å². The largest absolute Gasteiger partial charge is 0.507 e. The molecule has 2 aromatic carbocycles. The van der Waals surface area contributed by atoms with E-state index in [1.165, 1.54) is 12.1 Å². The number of fused-ring (bicyclic) bond motifs is 1. The van der Waals surface area contributed by atoms with Crippen molar-refractivity contribution in [3.8, 4) is 34.3 Å². The average Bonchev–Trinajstić information content (AvgIpc) is 2.93. The van der Waals surface area contributed by atoms with Gasteiger partial charge in [0.05, 0.1) is 6.61 Å². The molecule has 2 aliphatic heterocycles. The smallest absolute Gasteiger partial charge is 0.229 e. The summed E-state index contributed by atoms with van der Waals surface area (Å²) in [5.74, 6) is -1.72. The minimum absolute atomic E-state index is 0.0375. The summed E-state index contributed by atoms with van der Waals surface area (Å²) >= 11 is 0. The third-order valence-corrected chi connectivity index (χ3v) is 7.16. The fourth-order valence-electron chi connectivity index (χ4n) is 4.91. The Bertz CT molecular complexity index is 1470. The molecule has 0 unspecified atom stereocenters. The summed E-state index contributed by atoms with van der Waals surface area (Å²) in [6.07, 6.45) is -17.4. The van der Waals surface area contributed by atoms with Gasteiger partial charge in [-0.2, -0.15) is 0 Å². The van der Waals surface area contributed by atoms with Crippen molar-refractivity contribution in [3.05, 3.63) is 46.6 Å². The zero-order chi connectivity index (χ0) is 29.7. The number of benzene rings is 2.